The Kier molecular flexibility index (Phi) is 6.05. The molecule has 4 heteroatoms. The standard InChI is InChI=1S/C17H27N3O/c1-14-5-4-6-16(11-14)12-19-17(18-2)20(3)9-10-21-13-15-7-8-15/h4-6,11,15H,7-10,12-13H2,1-3H3,(H,18,19). The van der Waals surface area contributed by atoms with Crippen LogP contribution in [0.4, 0.5) is 0 Å². The van der Waals surface area contributed by atoms with Crippen molar-refractivity contribution in [1.82, 2.24) is 10.2 Å². The van der Waals surface area contributed by atoms with E-state index in [0.29, 0.717) is 0 Å². The van der Waals surface area contributed by atoms with Crippen LogP contribution in [-0.4, -0.2) is 44.7 Å². The molecule has 1 aromatic rings. The summed E-state index contributed by atoms with van der Waals surface area (Å²) in [5.41, 5.74) is 2.56. The number of nitrogens with zero attached hydrogens (tertiary/aromatic N) is 2. The second-order valence-electron chi connectivity index (χ2n) is 5.83. The fraction of sp³-hybridized carbons (Fsp3) is 0.588. The van der Waals surface area contributed by atoms with Crippen LogP contribution >= 0.6 is 0 Å². The molecule has 1 saturated carbocycles. The van der Waals surface area contributed by atoms with Gasteiger partial charge in [0.25, 0.3) is 0 Å². The van der Waals surface area contributed by atoms with Gasteiger partial charge in [0.1, 0.15) is 0 Å². The third-order valence-electron chi connectivity index (χ3n) is 3.73. The summed E-state index contributed by atoms with van der Waals surface area (Å²) >= 11 is 0. The van der Waals surface area contributed by atoms with Crippen LogP contribution < -0.4 is 5.32 Å². The normalized spacial score (nSPS) is 15.1. The highest BCUT2D eigenvalue weighted by atomic mass is 16.5. The average molecular weight is 289 g/mol. The minimum atomic E-state index is 0.762. The summed E-state index contributed by atoms with van der Waals surface area (Å²) in [6, 6.07) is 8.53. The van der Waals surface area contributed by atoms with E-state index in [-0.39, 0.29) is 0 Å². The maximum atomic E-state index is 5.68. The molecule has 0 bridgehead atoms. The second-order valence-corrected chi connectivity index (χ2v) is 5.83. The Morgan fingerprint density at radius 2 is 2.24 bits per heavy atom. The fourth-order valence-corrected chi connectivity index (χ4v) is 2.23. The van der Waals surface area contributed by atoms with Crippen molar-refractivity contribution in [1.29, 1.82) is 0 Å². The molecule has 1 N–H and O–H groups in total. The van der Waals surface area contributed by atoms with Crippen molar-refractivity contribution in [3.05, 3.63) is 35.4 Å². The maximum absolute atomic E-state index is 5.68. The number of ether oxygens (including phenoxy) is 1. The fourth-order valence-electron chi connectivity index (χ4n) is 2.23. The number of aliphatic imine (C=N–C) groups is 1. The Hall–Kier alpha value is -1.55. The van der Waals surface area contributed by atoms with E-state index < -0.39 is 0 Å². The van der Waals surface area contributed by atoms with Gasteiger partial charge in [-0.15, -0.1) is 0 Å². The van der Waals surface area contributed by atoms with Crippen molar-refractivity contribution < 1.29 is 4.74 Å². The van der Waals surface area contributed by atoms with Gasteiger partial charge in [0.2, 0.25) is 0 Å². The van der Waals surface area contributed by atoms with Crippen LogP contribution in [0.5, 0.6) is 0 Å². The van der Waals surface area contributed by atoms with Gasteiger partial charge in [-0.05, 0) is 31.2 Å². The van der Waals surface area contributed by atoms with Crippen LogP contribution in [0.3, 0.4) is 0 Å². The maximum Gasteiger partial charge on any atom is 0.193 e. The highest BCUT2D eigenvalue weighted by Crippen LogP contribution is 2.28. The zero-order valence-electron chi connectivity index (χ0n) is 13.4. The minimum Gasteiger partial charge on any atom is -0.379 e. The molecule has 0 radical (unpaired) electrons. The summed E-state index contributed by atoms with van der Waals surface area (Å²) in [5.74, 6) is 1.74. The molecule has 0 saturated heterocycles. The molecule has 0 amide bonds. The van der Waals surface area contributed by atoms with Gasteiger partial charge in [0.05, 0.1) is 6.61 Å². The minimum absolute atomic E-state index is 0.762. The SMILES string of the molecule is CN=C(NCc1cccc(C)c1)N(C)CCOCC1CC1. The van der Waals surface area contributed by atoms with Crippen LogP contribution in [0.25, 0.3) is 0 Å². The van der Waals surface area contributed by atoms with Gasteiger partial charge in [-0.3, -0.25) is 4.99 Å². The van der Waals surface area contributed by atoms with Gasteiger partial charge >= 0.3 is 0 Å². The molecular weight excluding hydrogens is 262 g/mol. The largest absolute Gasteiger partial charge is 0.379 e. The summed E-state index contributed by atoms with van der Waals surface area (Å²) in [7, 11) is 3.87. The molecule has 4 nitrogen and oxygen atoms in total. The molecule has 0 unspecified atom stereocenters. The topological polar surface area (TPSA) is 36.9 Å². The first-order chi connectivity index (χ1) is 10.2. The van der Waals surface area contributed by atoms with E-state index in [9.17, 15) is 0 Å². The quantitative estimate of drug-likeness (QED) is 0.476. The van der Waals surface area contributed by atoms with Crippen LogP contribution in [0, 0.1) is 12.8 Å². The van der Waals surface area contributed by atoms with Crippen LogP contribution in [0.15, 0.2) is 29.3 Å². The predicted molar refractivity (Wildman–Crippen MR) is 87.6 cm³/mol. The zero-order chi connectivity index (χ0) is 15.1. The lowest BCUT2D eigenvalue weighted by atomic mass is 10.1. The molecule has 21 heavy (non-hydrogen) atoms. The lowest BCUT2D eigenvalue weighted by Crippen LogP contribution is -2.40. The number of rotatable bonds is 7. The van der Waals surface area contributed by atoms with E-state index in [0.717, 1.165) is 38.2 Å². The Balaban J connectivity index is 1.70. The third kappa shape index (κ3) is 5.76. The number of hydrogen-bond acceptors (Lipinski definition) is 2. The van der Waals surface area contributed by atoms with Crippen molar-refractivity contribution >= 4 is 5.96 Å². The van der Waals surface area contributed by atoms with E-state index in [4.69, 9.17) is 4.74 Å². The predicted octanol–water partition coefficient (Wildman–Crippen LogP) is 2.43. The van der Waals surface area contributed by atoms with Crippen molar-refractivity contribution in [2.45, 2.75) is 26.3 Å². The Labute approximate surface area is 128 Å². The van der Waals surface area contributed by atoms with Gasteiger partial charge in [-0.1, -0.05) is 29.8 Å². The van der Waals surface area contributed by atoms with E-state index in [1.165, 1.54) is 24.0 Å². The first-order valence-electron chi connectivity index (χ1n) is 7.74. The number of nitrogens with one attached hydrogen (secondary N) is 1. The molecule has 0 aromatic heterocycles. The molecule has 1 aromatic carbocycles. The molecule has 2 rings (SSSR count). The molecular formula is C17H27N3O. The average Bonchev–Trinajstić information content (AvgIpc) is 3.28. The summed E-state index contributed by atoms with van der Waals surface area (Å²) in [5, 5.41) is 3.40. The second kappa shape index (κ2) is 8.03. The summed E-state index contributed by atoms with van der Waals surface area (Å²) in [4.78, 5) is 6.44. The van der Waals surface area contributed by atoms with Gasteiger partial charge < -0.3 is 15.0 Å². The van der Waals surface area contributed by atoms with Gasteiger partial charge in [0, 0.05) is 33.8 Å². The highest BCUT2D eigenvalue weighted by Gasteiger charge is 2.21. The van der Waals surface area contributed by atoms with Crippen LogP contribution in [0.2, 0.25) is 0 Å². The third-order valence-corrected chi connectivity index (χ3v) is 3.73. The van der Waals surface area contributed by atoms with E-state index >= 15 is 0 Å². The first kappa shape index (κ1) is 15.8. The van der Waals surface area contributed by atoms with Gasteiger partial charge in [-0.25, -0.2) is 0 Å². The highest BCUT2D eigenvalue weighted by molar-refractivity contribution is 5.79. The Bertz CT molecular complexity index is 469. The number of likely N-dealkylation sites (N-methyl/N-ethyl adjacent to an activating group) is 1. The Morgan fingerprint density at radius 3 is 2.90 bits per heavy atom. The van der Waals surface area contributed by atoms with Crippen LogP contribution in [-0.2, 0) is 11.3 Å². The van der Waals surface area contributed by atoms with E-state index in [1.54, 1.807) is 0 Å². The van der Waals surface area contributed by atoms with Gasteiger partial charge in [0.15, 0.2) is 5.96 Å². The summed E-state index contributed by atoms with van der Waals surface area (Å²) in [6.45, 7) is 5.45. The molecule has 1 aliphatic rings. The molecule has 1 aliphatic carbocycles. The number of benzene rings is 1. The molecule has 0 atom stereocenters. The molecule has 116 valence electrons. The number of aryl methyl sites for hydroxylation is 1. The summed E-state index contributed by atoms with van der Waals surface area (Å²) < 4.78 is 5.68. The monoisotopic (exact) mass is 289 g/mol. The zero-order valence-corrected chi connectivity index (χ0v) is 13.4. The smallest absolute Gasteiger partial charge is 0.193 e. The molecule has 1 fully saturated rings. The number of hydrogen-bond donors (Lipinski definition) is 1. The first-order valence-corrected chi connectivity index (χ1v) is 7.74. The van der Waals surface area contributed by atoms with Gasteiger partial charge in [-0.2, -0.15) is 0 Å². The molecule has 0 aliphatic heterocycles. The Morgan fingerprint density at radius 1 is 1.43 bits per heavy atom. The van der Waals surface area contributed by atoms with Crippen molar-refractivity contribution in [2.24, 2.45) is 10.9 Å². The van der Waals surface area contributed by atoms with E-state index in [2.05, 4.69) is 46.4 Å². The van der Waals surface area contributed by atoms with Crippen molar-refractivity contribution in [3.63, 3.8) is 0 Å². The lowest BCUT2D eigenvalue weighted by molar-refractivity contribution is 0.115. The number of guanidine groups is 1. The van der Waals surface area contributed by atoms with Crippen LogP contribution in [0.1, 0.15) is 24.0 Å². The molecule has 0 heterocycles. The van der Waals surface area contributed by atoms with Crippen molar-refractivity contribution in [2.75, 3.05) is 33.9 Å². The van der Waals surface area contributed by atoms with Crippen molar-refractivity contribution in [3.8, 4) is 0 Å². The molecule has 0 spiro atoms. The summed E-state index contributed by atoms with van der Waals surface area (Å²) in [6.07, 6.45) is 2.69. The van der Waals surface area contributed by atoms with E-state index in [1.807, 2.05) is 14.1 Å². The lowest BCUT2D eigenvalue weighted by Gasteiger charge is -2.22.